The third kappa shape index (κ3) is 10.0. The smallest absolute Gasteiger partial charge is 0.322 e. The fraction of sp³-hybridized carbons (Fsp3) is 0.579. The maximum absolute atomic E-state index is 12.9. The van der Waals surface area contributed by atoms with E-state index in [9.17, 15) is 24.0 Å². The van der Waals surface area contributed by atoms with Gasteiger partial charge in [0.15, 0.2) is 0 Å². The van der Waals surface area contributed by atoms with Crippen LogP contribution < -0.4 is 27.4 Å². The molecule has 178 valence electrons. The van der Waals surface area contributed by atoms with Gasteiger partial charge in [0, 0.05) is 24.7 Å². The molecule has 0 bridgehead atoms. The van der Waals surface area contributed by atoms with E-state index in [1.165, 1.54) is 12.5 Å². The van der Waals surface area contributed by atoms with Gasteiger partial charge in [-0.05, 0) is 18.8 Å². The summed E-state index contributed by atoms with van der Waals surface area (Å²) < 4.78 is 0. The normalized spacial score (nSPS) is 13.6. The molecule has 3 atom stereocenters. The Hall–Kier alpha value is -3.48. The van der Waals surface area contributed by atoms with E-state index in [2.05, 4.69) is 25.9 Å². The minimum absolute atomic E-state index is 0.0137. The van der Waals surface area contributed by atoms with Crippen molar-refractivity contribution in [2.24, 2.45) is 17.4 Å². The topological polar surface area (TPSA) is 222 Å². The molecule has 0 aliphatic rings. The number of carboxylic acids is 1. The average molecular weight is 454 g/mol. The molecule has 3 unspecified atom stereocenters. The number of imidazole rings is 1. The number of rotatable bonds is 14. The molecule has 1 aromatic rings. The molecule has 32 heavy (non-hydrogen) atoms. The quantitative estimate of drug-likeness (QED) is 0.163. The molecule has 0 radical (unpaired) electrons. The van der Waals surface area contributed by atoms with Crippen LogP contribution in [0.25, 0.3) is 0 Å². The minimum atomic E-state index is -1.24. The molecule has 1 heterocycles. The van der Waals surface area contributed by atoms with Crippen LogP contribution in [0.3, 0.4) is 0 Å². The molecule has 0 aliphatic carbocycles. The second-order valence-corrected chi connectivity index (χ2v) is 7.76. The van der Waals surface area contributed by atoms with Gasteiger partial charge >= 0.3 is 5.97 Å². The third-order valence-electron chi connectivity index (χ3n) is 4.40. The zero-order chi connectivity index (χ0) is 24.3. The standard InChI is InChI=1S/C19H31N7O6/c1-10(2)5-13(25-17(30)12(20)3-4-15(21)27)19(32)26-14(6-11-7-22-9-24-11)18(31)23-8-16(28)29/h7,9-10,12-14H,3-6,8,20H2,1-2H3,(H2,21,27)(H,22,24)(H,23,31)(H,25,30)(H,26,32)(H,28,29). The molecule has 0 saturated carbocycles. The van der Waals surface area contributed by atoms with Gasteiger partial charge in [-0.2, -0.15) is 0 Å². The Kier molecular flexibility index (Phi) is 10.8. The first-order valence-electron chi connectivity index (χ1n) is 10.1. The lowest BCUT2D eigenvalue weighted by Crippen LogP contribution is -2.56. The minimum Gasteiger partial charge on any atom is -0.480 e. The van der Waals surface area contributed by atoms with Crippen molar-refractivity contribution in [3.63, 3.8) is 0 Å². The van der Waals surface area contributed by atoms with Gasteiger partial charge in [0.1, 0.15) is 18.6 Å². The van der Waals surface area contributed by atoms with Gasteiger partial charge in [-0.1, -0.05) is 13.8 Å². The highest BCUT2D eigenvalue weighted by atomic mass is 16.4. The van der Waals surface area contributed by atoms with Crippen molar-refractivity contribution < 1.29 is 29.1 Å². The number of carboxylic acid groups (broad SMARTS) is 1. The maximum atomic E-state index is 12.9. The maximum Gasteiger partial charge on any atom is 0.322 e. The van der Waals surface area contributed by atoms with Crippen LogP contribution in [0.1, 0.15) is 38.8 Å². The largest absolute Gasteiger partial charge is 0.480 e. The lowest BCUT2D eigenvalue weighted by atomic mass is 10.0. The van der Waals surface area contributed by atoms with Crippen molar-refractivity contribution in [3.8, 4) is 0 Å². The first-order chi connectivity index (χ1) is 15.0. The molecule has 0 saturated heterocycles. The number of nitrogens with one attached hydrogen (secondary N) is 4. The van der Waals surface area contributed by atoms with Crippen molar-refractivity contribution in [1.82, 2.24) is 25.9 Å². The van der Waals surface area contributed by atoms with Gasteiger partial charge in [-0.3, -0.25) is 24.0 Å². The number of hydrogen-bond donors (Lipinski definition) is 7. The fourth-order valence-electron chi connectivity index (χ4n) is 2.79. The molecule has 1 aromatic heterocycles. The molecule has 13 nitrogen and oxygen atoms in total. The summed E-state index contributed by atoms with van der Waals surface area (Å²) >= 11 is 0. The lowest BCUT2D eigenvalue weighted by molar-refractivity contribution is -0.138. The highest BCUT2D eigenvalue weighted by molar-refractivity contribution is 5.93. The number of carbonyl (C=O) groups excluding carboxylic acids is 4. The van der Waals surface area contributed by atoms with Gasteiger partial charge in [-0.25, -0.2) is 4.98 Å². The van der Waals surface area contributed by atoms with Crippen LogP contribution in [0.5, 0.6) is 0 Å². The first kappa shape index (κ1) is 26.6. The number of hydrogen-bond acceptors (Lipinski definition) is 7. The summed E-state index contributed by atoms with van der Waals surface area (Å²) in [6.07, 6.45) is 3.10. The lowest BCUT2D eigenvalue weighted by Gasteiger charge is -2.25. The number of nitrogens with two attached hydrogens (primary N) is 2. The number of carbonyl (C=O) groups is 5. The van der Waals surface area contributed by atoms with Gasteiger partial charge in [0.05, 0.1) is 12.4 Å². The molecular formula is C19H31N7O6. The van der Waals surface area contributed by atoms with Crippen LogP contribution >= 0.6 is 0 Å². The van der Waals surface area contributed by atoms with Crippen LogP contribution in [0.15, 0.2) is 12.5 Å². The van der Waals surface area contributed by atoms with Crippen molar-refractivity contribution in [3.05, 3.63) is 18.2 Å². The van der Waals surface area contributed by atoms with Crippen LogP contribution in [0, 0.1) is 5.92 Å². The summed E-state index contributed by atoms with van der Waals surface area (Å²) in [5.41, 5.74) is 11.4. The zero-order valence-corrected chi connectivity index (χ0v) is 18.1. The average Bonchev–Trinajstić information content (AvgIpc) is 3.21. The van der Waals surface area contributed by atoms with E-state index < -0.39 is 54.3 Å². The van der Waals surface area contributed by atoms with E-state index in [0.717, 1.165) is 0 Å². The van der Waals surface area contributed by atoms with Crippen molar-refractivity contribution in [2.45, 2.75) is 57.7 Å². The Morgan fingerprint density at radius 2 is 1.75 bits per heavy atom. The highest BCUT2D eigenvalue weighted by Gasteiger charge is 2.29. The molecule has 4 amide bonds. The summed E-state index contributed by atoms with van der Waals surface area (Å²) in [6, 6.07) is -3.15. The number of amides is 4. The van der Waals surface area contributed by atoms with E-state index in [4.69, 9.17) is 16.6 Å². The number of aromatic amines is 1. The van der Waals surface area contributed by atoms with Crippen LogP contribution in [-0.4, -0.2) is 69.3 Å². The van der Waals surface area contributed by atoms with E-state index in [-0.39, 0.29) is 31.6 Å². The van der Waals surface area contributed by atoms with Crippen LogP contribution in [0.4, 0.5) is 0 Å². The third-order valence-corrected chi connectivity index (χ3v) is 4.40. The summed E-state index contributed by atoms with van der Waals surface area (Å²) in [6.45, 7) is 3.08. The Labute approximate surface area is 185 Å². The molecule has 0 aromatic carbocycles. The summed E-state index contributed by atoms with van der Waals surface area (Å²) in [5, 5.41) is 16.1. The zero-order valence-electron chi connectivity index (χ0n) is 18.1. The van der Waals surface area contributed by atoms with Crippen LogP contribution in [-0.2, 0) is 30.4 Å². The second-order valence-electron chi connectivity index (χ2n) is 7.76. The van der Waals surface area contributed by atoms with E-state index >= 15 is 0 Å². The van der Waals surface area contributed by atoms with Crippen molar-refractivity contribution >= 4 is 29.6 Å². The summed E-state index contributed by atoms with van der Waals surface area (Å²) in [4.78, 5) is 66.1. The summed E-state index contributed by atoms with van der Waals surface area (Å²) in [5.74, 6) is -3.79. The molecule has 9 N–H and O–H groups in total. The molecule has 0 spiro atoms. The molecular weight excluding hydrogens is 422 g/mol. The highest BCUT2D eigenvalue weighted by Crippen LogP contribution is 2.08. The Bertz CT molecular complexity index is 796. The molecule has 0 fully saturated rings. The van der Waals surface area contributed by atoms with Gasteiger partial charge in [-0.15, -0.1) is 0 Å². The van der Waals surface area contributed by atoms with Gasteiger partial charge < -0.3 is 37.5 Å². The molecule has 13 heteroatoms. The van der Waals surface area contributed by atoms with Gasteiger partial charge in [0.25, 0.3) is 0 Å². The molecule has 1 rings (SSSR count). The Morgan fingerprint density at radius 3 is 2.28 bits per heavy atom. The van der Waals surface area contributed by atoms with E-state index in [0.29, 0.717) is 5.69 Å². The number of H-pyrrole nitrogens is 1. The Morgan fingerprint density at radius 1 is 1.09 bits per heavy atom. The van der Waals surface area contributed by atoms with Crippen molar-refractivity contribution in [1.29, 1.82) is 0 Å². The van der Waals surface area contributed by atoms with Crippen LogP contribution in [0.2, 0.25) is 0 Å². The SMILES string of the molecule is CC(C)CC(NC(=O)C(N)CCC(N)=O)C(=O)NC(Cc1cnc[nH]1)C(=O)NCC(=O)O. The van der Waals surface area contributed by atoms with Crippen molar-refractivity contribution in [2.75, 3.05) is 6.54 Å². The number of primary amides is 1. The fourth-order valence-corrected chi connectivity index (χ4v) is 2.79. The number of aromatic nitrogens is 2. The molecule has 0 aliphatic heterocycles. The first-order valence-corrected chi connectivity index (χ1v) is 10.1. The van der Waals surface area contributed by atoms with E-state index in [1.54, 1.807) is 0 Å². The monoisotopic (exact) mass is 453 g/mol. The predicted octanol–water partition coefficient (Wildman–Crippen LogP) is -2.24. The number of aliphatic carboxylic acids is 1. The Balaban J connectivity index is 2.90. The number of nitrogens with zero attached hydrogens (tertiary/aromatic N) is 1. The van der Waals surface area contributed by atoms with E-state index in [1.807, 2.05) is 13.8 Å². The predicted molar refractivity (Wildman–Crippen MR) is 113 cm³/mol. The summed E-state index contributed by atoms with van der Waals surface area (Å²) in [7, 11) is 0. The van der Waals surface area contributed by atoms with Gasteiger partial charge in [0.2, 0.25) is 23.6 Å². The second kappa shape index (κ2) is 13.0.